The zero-order chi connectivity index (χ0) is 15.6. The molecule has 4 nitrogen and oxygen atoms in total. The number of amides is 1. The number of benzene rings is 2. The van der Waals surface area contributed by atoms with Crippen molar-refractivity contribution in [3.8, 4) is 0 Å². The predicted molar refractivity (Wildman–Crippen MR) is 80.6 cm³/mol. The van der Waals surface area contributed by atoms with Crippen LogP contribution < -0.4 is 10.8 Å². The van der Waals surface area contributed by atoms with Gasteiger partial charge in [0.05, 0.1) is 10.7 Å². The van der Waals surface area contributed by atoms with Crippen LogP contribution in [0.15, 0.2) is 36.4 Å². The lowest BCUT2D eigenvalue weighted by atomic mass is 9.79. The smallest absolute Gasteiger partial charge is 0.423 e. The highest BCUT2D eigenvalue weighted by molar-refractivity contribution is 6.58. The first-order valence-electron chi connectivity index (χ1n) is 5.80. The van der Waals surface area contributed by atoms with Crippen LogP contribution in [0.2, 0.25) is 10.0 Å². The molecule has 3 N–H and O–H groups in total. The van der Waals surface area contributed by atoms with Gasteiger partial charge >= 0.3 is 7.12 Å². The minimum absolute atomic E-state index is 0.0656. The molecule has 0 fully saturated rings. The second-order valence-corrected chi connectivity index (χ2v) is 5.07. The molecule has 8 heteroatoms. The molecule has 0 spiro atoms. The van der Waals surface area contributed by atoms with Gasteiger partial charge in [-0.3, -0.25) is 4.79 Å². The molecule has 1 amide bonds. The number of carbonyl (C=O) groups is 1. The zero-order valence-corrected chi connectivity index (χ0v) is 12.0. The van der Waals surface area contributed by atoms with E-state index in [1.807, 2.05) is 0 Å². The zero-order valence-electron chi connectivity index (χ0n) is 10.5. The summed E-state index contributed by atoms with van der Waals surface area (Å²) in [5.74, 6) is -1.39. The van der Waals surface area contributed by atoms with Gasteiger partial charge in [0.1, 0.15) is 5.82 Å². The lowest BCUT2D eigenvalue weighted by Gasteiger charge is -2.09. The first-order chi connectivity index (χ1) is 9.86. The average Bonchev–Trinajstić information content (AvgIpc) is 2.41. The Hall–Kier alpha value is -1.60. The van der Waals surface area contributed by atoms with Gasteiger partial charge in [-0.2, -0.15) is 0 Å². The molecule has 0 unspecified atom stereocenters. The van der Waals surface area contributed by atoms with Crippen molar-refractivity contribution in [2.75, 3.05) is 5.32 Å². The molecule has 0 aliphatic heterocycles. The van der Waals surface area contributed by atoms with E-state index >= 15 is 0 Å². The van der Waals surface area contributed by atoms with Crippen molar-refractivity contribution < 1.29 is 19.2 Å². The Balaban J connectivity index is 2.28. The Morgan fingerprint density at radius 2 is 1.86 bits per heavy atom. The molecule has 0 heterocycles. The third kappa shape index (κ3) is 3.95. The summed E-state index contributed by atoms with van der Waals surface area (Å²) in [4.78, 5) is 12.0. The predicted octanol–water partition coefficient (Wildman–Crippen LogP) is 2.06. The first kappa shape index (κ1) is 15.8. The number of nitrogens with one attached hydrogen (secondary N) is 1. The summed E-state index contributed by atoms with van der Waals surface area (Å²) in [5, 5.41) is 21.2. The summed E-state index contributed by atoms with van der Waals surface area (Å²) >= 11 is 11.7. The summed E-state index contributed by atoms with van der Waals surface area (Å²) in [6.07, 6.45) is 0. The fraction of sp³-hybridized carbons (Fsp3) is 0. The maximum Gasteiger partial charge on any atom is 0.488 e. The van der Waals surface area contributed by atoms with Crippen LogP contribution in [0, 0.1) is 5.82 Å². The number of hydrogen-bond acceptors (Lipinski definition) is 3. The summed E-state index contributed by atoms with van der Waals surface area (Å²) in [7, 11) is -1.87. The van der Waals surface area contributed by atoms with Gasteiger partial charge < -0.3 is 15.4 Å². The lowest BCUT2D eigenvalue weighted by Crippen LogP contribution is -2.31. The Morgan fingerprint density at radius 1 is 1.14 bits per heavy atom. The number of rotatable bonds is 3. The Labute approximate surface area is 130 Å². The van der Waals surface area contributed by atoms with E-state index in [4.69, 9.17) is 33.2 Å². The minimum Gasteiger partial charge on any atom is -0.423 e. The minimum atomic E-state index is -1.87. The largest absolute Gasteiger partial charge is 0.488 e. The van der Waals surface area contributed by atoms with Crippen molar-refractivity contribution in [2.24, 2.45) is 0 Å². The van der Waals surface area contributed by atoms with E-state index in [-0.39, 0.29) is 16.0 Å². The highest BCUT2D eigenvalue weighted by atomic mass is 35.5. The Kier molecular flexibility index (Phi) is 4.85. The number of halogens is 3. The van der Waals surface area contributed by atoms with Crippen molar-refractivity contribution in [1.29, 1.82) is 0 Å². The van der Waals surface area contributed by atoms with Gasteiger partial charge in [0.2, 0.25) is 0 Å². The molecule has 108 valence electrons. The van der Waals surface area contributed by atoms with Gasteiger partial charge in [-0.25, -0.2) is 4.39 Å². The maximum absolute atomic E-state index is 13.4. The molecular formula is C13H9BCl2FNO3. The lowest BCUT2D eigenvalue weighted by molar-refractivity contribution is 0.102. The van der Waals surface area contributed by atoms with Crippen LogP contribution in [0.4, 0.5) is 10.1 Å². The van der Waals surface area contributed by atoms with Gasteiger partial charge in [-0.15, -0.1) is 0 Å². The van der Waals surface area contributed by atoms with Crippen molar-refractivity contribution in [3.63, 3.8) is 0 Å². The monoisotopic (exact) mass is 327 g/mol. The van der Waals surface area contributed by atoms with Crippen LogP contribution in [0.3, 0.4) is 0 Å². The number of anilines is 1. The quantitative estimate of drug-likeness (QED) is 0.756. The van der Waals surface area contributed by atoms with E-state index in [0.29, 0.717) is 10.7 Å². The molecule has 0 radical (unpaired) electrons. The molecule has 0 bridgehead atoms. The molecule has 2 aromatic rings. The standard InChI is InChI=1S/C13H9BCl2FNO3/c15-9-1-2-12(11(16)6-9)18-13(19)7-3-8(14(20)21)5-10(17)4-7/h1-6,20-21H,(H,18,19). The van der Waals surface area contributed by atoms with Crippen LogP contribution in [0.1, 0.15) is 10.4 Å². The van der Waals surface area contributed by atoms with E-state index in [2.05, 4.69) is 5.32 Å². The van der Waals surface area contributed by atoms with Gasteiger partial charge in [-0.05, 0) is 41.9 Å². The van der Waals surface area contributed by atoms with E-state index < -0.39 is 18.8 Å². The fourth-order valence-electron chi connectivity index (χ4n) is 1.68. The van der Waals surface area contributed by atoms with E-state index in [1.165, 1.54) is 24.3 Å². The van der Waals surface area contributed by atoms with Crippen molar-refractivity contribution in [3.05, 3.63) is 57.8 Å². The van der Waals surface area contributed by atoms with E-state index in [9.17, 15) is 9.18 Å². The number of hydrogen-bond donors (Lipinski definition) is 3. The van der Waals surface area contributed by atoms with Gasteiger partial charge in [-0.1, -0.05) is 23.2 Å². The van der Waals surface area contributed by atoms with Crippen molar-refractivity contribution in [1.82, 2.24) is 0 Å². The molecule has 21 heavy (non-hydrogen) atoms. The summed E-state index contributed by atoms with van der Waals surface area (Å²) in [6, 6.07) is 7.57. The third-order valence-electron chi connectivity index (χ3n) is 2.66. The molecule has 0 aromatic heterocycles. The third-order valence-corrected chi connectivity index (χ3v) is 3.21. The van der Waals surface area contributed by atoms with E-state index in [0.717, 1.165) is 12.1 Å². The van der Waals surface area contributed by atoms with Crippen LogP contribution >= 0.6 is 23.2 Å². The molecule has 0 atom stereocenters. The second kappa shape index (κ2) is 6.45. The molecule has 2 aromatic carbocycles. The van der Waals surface area contributed by atoms with Gasteiger partial charge in [0.25, 0.3) is 5.91 Å². The summed E-state index contributed by atoms with van der Waals surface area (Å²) < 4.78 is 13.4. The summed E-state index contributed by atoms with van der Waals surface area (Å²) in [5.41, 5.74) is 0.118. The second-order valence-electron chi connectivity index (χ2n) is 4.23. The Bertz CT molecular complexity index is 697. The first-order valence-corrected chi connectivity index (χ1v) is 6.55. The van der Waals surface area contributed by atoms with Crippen molar-refractivity contribution >= 4 is 47.4 Å². The summed E-state index contributed by atoms with van der Waals surface area (Å²) in [6.45, 7) is 0. The molecule has 2 rings (SSSR count). The molecular weight excluding hydrogens is 319 g/mol. The van der Waals surface area contributed by atoms with Crippen LogP contribution in [-0.2, 0) is 0 Å². The van der Waals surface area contributed by atoms with Gasteiger partial charge in [0.15, 0.2) is 0 Å². The van der Waals surface area contributed by atoms with Crippen LogP contribution in [0.25, 0.3) is 0 Å². The highest BCUT2D eigenvalue weighted by Gasteiger charge is 2.17. The normalized spacial score (nSPS) is 10.3. The fourth-order valence-corrected chi connectivity index (χ4v) is 2.13. The Morgan fingerprint density at radius 3 is 2.48 bits per heavy atom. The van der Waals surface area contributed by atoms with E-state index in [1.54, 1.807) is 0 Å². The molecule has 0 aliphatic carbocycles. The topological polar surface area (TPSA) is 69.6 Å². The number of carbonyl (C=O) groups excluding carboxylic acids is 1. The maximum atomic E-state index is 13.4. The van der Waals surface area contributed by atoms with Gasteiger partial charge in [0, 0.05) is 10.6 Å². The SMILES string of the molecule is O=C(Nc1ccc(Cl)cc1Cl)c1cc(F)cc(B(O)O)c1. The molecule has 0 saturated heterocycles. The van der Waals surface area contributed by atoms with Crippen LogP contribution in [-0.4, -0.2) is 23.1 Å². The van der Waals surface area contributed by atoms with Crippen molar-refractivity contribution in [2.45, 2.75) is 0 Å². The molecule has 0 saturated carbocycles. The average molecular weight is 328 g/mol. The molecule has 0 aliphatic rings. The van der Waals surface area contributed by atoms with Crippen LogP contribution in [0.5, 0.6) is 0 Å². The highest BCUT2D eigenvalue weighted by Crippen LogP contribution is 2.25.